The molecule has 0 aliphatic heterocycles. The van der Waals surface area contributed by atoms with E-state index in [-0.39, 0.29) is 17.9 Å². The lowest BCUT2D eigenvalue weighted by Gasteiger charge is -2.23. The summed E-state index contributed by atoms with van der Waals surface area (Å²) in [7, 11) is 0. The lowest BCUT2D eigenvalue weighted by atomic mass is 10.0. The number of nitrogens with zero attached hydrogens (tertiary/aromatic N) is 1. The maximum Gasteiger partial charge on any atom is 0.253 e. The van der Waals surface area contributed by atoms with E-state index >= 15 is 0 Å². The molecule has 2 N–H and O–H groups in total. The van der Waals surface area contributed by atoms with Crippen LogP contribution in [0.1, 0.15) is 54.4 Å². The van der Waals surface area contributed by atoms with Gasteiger partial charge in [0, 0.05) is 24.9 Å². The van der Waals surface area contributed by atoms with Crippen molar-refractivity contribution in [1.82, 2.24) is 15.6 Å². The van der Waals surface area contributed by atoms with Crippen LogP contribution in [0.5, 0.6) is 0 Å². The molecular formula is C22H27N3O2. The Labute approximate surface area is 160 Å². The molecule has 0 radical (unpaired) electrons. The summed E-state index contributed by atoms with van der Waals surface area (Å²) >= 11 is 0. The van der Waals surface area contributed by atoms with Gasteiger partial charge < -0.3 is 10.6 Å². The summed E-state index contributed by atoms with van der Waals surface area (Å²) in [5.41, 5.74) is 1.47. The second-order valence-electron chi connectivity index (χ2n) is 7.15. The number of benzene rings is 1. The van der Waals surface area contributed by atoms with Gasteiger partial charge in [-0.05, 0) is 30.5 Å². The first-order valence-corrected chi connectivity index (χ1v) is 9.77. The highest BCUT2D eigenvalue weighted by molar-refractivity contribution is 5.97. The number of rotatable bonds is 6. The van der Waals surface area contributed by atoms with Gasteiger partial charge in [0.1, 0.15) is 6.04 Å². The zero-order valence-electron chi connectivity index (χ0n) is 15.6. The molecule has 1 aromatic heterocycles. The number of nitrogens with one attached hydrogen (secondary N) is 2. The van der Waals surface area contributed by atoms with Crippen LogP contribution in [0.3, 0.4) is 0 Å². The summed E-state index contributed by atoms with van der Waals surface area (Å²) in [5.74, 6) is -0.386. The molecule has 0 bridgehead atoms. The normalized spacial score (nSPS) is 16.1. The van der Waals surface area contributed by atoms with Gasteiger partial charge in [0.05, 0.1) is 5.56 Å². The minimum absolute atomic E-state index is 0.108. The molecule has 5 nitrogen and oxygen atoms in total. The van der Waals surface area contributed by atoms with E-state index in [0.29, 0.717) is 12.0 Å². The summed E-state index contributed by atoms with van der Waals surface area (Å²) in [5, 5.41) is 6.06. The third kappa shape index (κ3) is 5.91. The molecule has 1 aliphatic rings. The molecule has 0 spiro atoms. The maximum atomic E-state index is 13.0. The van der Waals surface area contributed by atoms with Crippen molar-refractivity contribution in [1.29, 1.82) is 0 Å². The van der Waals surface area contributed by atoms with Crippen LogP contribution >= 0.6 is 0 Å². The highest BCUT2D eigenvalue weighted by atomic mass is 16.2. The number of carbonyl (C=O) groups excluding carboxylic acids is 2. The molecule has 142 valence electrons. The van der Waals surface area contributed by atoms with Crippen molar-refractivity contribution in [2.24, 2.45) is 0 Å². The van der Waals surface area contributed by atoms with Crippen molar-refractivity contribution in [2.45, 2.75) is 57.0 Å². The van der Waals surface area contributed by atoms with Gasteiger partial charge in [0.25, 0.3) is 5.91 Å². The Bertz CT molecular complexity index is 726. The predicted octanol–water partition coefficient (Wildman–Crippen LogP) is 3.26. The standard InChI is InChI=1S/C22H27N3O2/c26-21(18-11-8-14-23-16-18)25-20(15-17-9-4-3-5-10-17)22(27)24-19-12-6-1-2-7-13-19/h3-5,8-11,14,16,19-20H,1-2,6-7,12-13,15H2,(H,24,27)(H,25,26)/t20-/m0/s1. The molecule has 3 rings (SSSR count). The highest BCUT2D eigenvalue weighted by Gasteiger charge is 2.24. The lowest BCUT2D eigenvalue weighted by molar-refractivity contribution is -0.123. The van der Waals surface area contributed by atoms with Crippen LogP contribution in [0.4, 0.5) is 0 Å². The van der Waals surface area contributed by atoms with Gasteiger partial charge in [-0.1, -0.05) is 56.0 Å². The first-order chi connectivity index (χ1) is 13.2. The molecule has 1 saturated carbocycles. The molecule has 0 saturated heterocycles. The molecular weight excluding hydrogens is 338 g/mol. The molecule has 1 aliphatic carbocycles. The summed E-state index contributed by atoms with van der Waals surface area (Å²) in [4.78, 5) is 29.5. The van der Waals surface area contributed by atoms with Crippen molar-refractivity contribution in [2.75, 3.05) is 0 Å². The first-order valence-electron chi connectivity index (χ1n) is 9.77. The number of pyridine rings is 1. The van der Waals surface area contributed by atoms with E-state index in [2.05, 4.69) is 15.6 Å². The van der Waals surface area contributed by atoms with E-state index in [0.717, 1.165) is 31.2 Å². The number of aromatic nitrogens is 1. The van der Waals surface area contributed by atoms with E-state index in [1.54, 1.807) is 18.3 Å². The van der Waals surface area contributed by atoms with E-state index in [1.165, 1.54) is 19.0 Å². The molecule has 2 amide bonds. The van der Waals surface area contributed by atoms with Gasteiger partial charge in [0.2, 0.25) is 5.91 Å². The topological polar surface area (TPSA) is 71.1 Å². The summed E-state index contributed by atoms with van der Waals surface area (Å²) in [6.45, 7) is 0. The van der Waals surface area contributed by atoms with Gasteiger partial charge in [-0.2, -0.15) is 0 Å². The third-order valence-electron chi connectivity index (χ3n) is 5.03. The average Bonchev–Trinajstić information content (AvgIpc) is 2.97. The van der Waals surface area contributed by atoms with Crippen LogP contribution in [-0.2, 0) is 11.2 Å². The Morgan fingerprint density at radius 1 is 1.00 bits per heavy atom. The van der Waals surface area contributed by atoms with Crippen LogP contribution in [-0.4, -0.2) is 28.9 Å². The molecule has 1 fully saturated rings. The lowest BCUT2D eigenvalue weighted by Crippen LogP contribution is -2.50. The van der Waals surface area contributed by atoms with Crippen molar-refractivity contribution in [3.05, 3.63) is 66.0 Å². The molecule has 2 aromatic rings. The number of amides is 2. The first kappa shape index (κ1) is 19.1. The van der Waals surface area contributed by atoms with E-state index < -0.39 is 6.04 Å². The van der Waals surface area contributed by atoms with Crippen LogP contribution in [0, 0.1) is 0 Å². The molecule has 1 atom stereocenters. The quantitative estimate of drug-likeness (QED) is 0.772. The fraction of sp³-hybridized carbons (Fsp3) is 0.409. The minimum Gasteiger partial charge on any atom is -0.352 e. The summed E-state index contributed by atoms with van der Waals surface area (Å²) in [6, 6.07) is 12.8. The van der Waals surface area contributed by atoms with E-state index in [4.69, 9.17) is 0 Å². The van der Waals surface area contributed by atoms with Crippen LogP contribution in [0.15, 0.2) is 54.9 Å². The average molecular weight is 365 g/mol. The molecule has 1 heterocycles. The molecule has 1 aromatic carbocycles. The van der Waals surface area contributed by atoms with Gasteiger partial charge in [-0.25, -0.2) is 0 Å². The summed E-state index contributed by atoms with van der Waals surface area (Å²) in [6.07, 6.45) is 10.4. The SMILES string of the molecule is O=C(N[C@@H](Cc1ccccc1)C(=O)NC1CCCCCC1)c1cccnc1. The second kappa shape index (κ2) is 9.86. The third-order valence-corrected chi connectivity index (χ3v) is 5.03. The maximum absolute atomic E-state index is 13.0. The Balaban J connectivity index is 1.70. The Morgan fingerprint density at radius 2 is 1.74 bits per heavy atom. The Kier molecular flexibility index (Phi) is 6.97. The number of carbonyl (C=O) groups is 2. The van der Waals surface area contributed by atoms with Crippen molar-refractivity contribution in [3.63, 3.8) is 0 Å². The zero-order valence-corrected chi connectivity index (χ0v) is 15.6. The van der Waals surface area contributed by atoms with Gasteiger partial charge in [-0.15, -0.1) is 0 Å². The molecule has 0 unspecified atom stereocenters. The highest BCUT2D eigenvalue weighted by Crippen LogP contribution is 2.17. The molecule has 5 heteroatoms. The zero-order chi connectivity index (χ0) is 18.9. The fourth-order valence-corrected chi connectivity index (χ4v) is 3.52. The predicted molar refractivity (Wildman–Crippen MR) is 105 cm³/mol. The minimum atomic E-state index is -0.608. The van der Waals surface area contributed by atoms with Gasteiger partial charge in [0.15, 0.2) is 0 Å². The van der Waals surface area contributed by atoms with Crippen LogP contribution in [0.2, 0.25) is 0 Å². The van der Waals surface area contributed by atoms with Gasteiger partial charge in [-0.3, -0.25) is 14.6 Å². The van der Waals surface area contributed by atoms with Crippen molar-refractivity contribution >= 4 is 11.8 Å². The van der Waals surface area contributed by atoms with E-state index in [9.17, 15) is 9.59 Å². The molecule has 27 heavy (non-hydrogen) atoms. The van der Waals surface area contributed by atoms with Crippen LogP contribution < -0.4 is 10.6 Å². The van der Waals surface area contributed by atoms with Crippen LogP contribution in [0.25, 0.3) is 0 Å². The van der Waals surface area contributed by atoms with Crippen molar-refractivity contribution in [3.8, 4) is 0 Å². The number of hydrogen-bond donors (Lipinski definition) is 2. The Hall–Kier alpha value is -2.69. The monoisotopic (exact) mass is 365 g/mol. The fourth-order valence-electron chi connectivity index (χ4n) is 3.52. The number of hydrogen-bond acceptors (Lipinski definition) is 3. The Morgan fingerprint density at radius 3 is 2.41 bits per heavy atom. The van der Waals surface area contributed by atoms with Crippen molar-refractivity contribution < 1.29 is 9.59 Å². The second-order valence-corrected chi connectivity index (χ2v) is 7.15. The smallest absolute Gasteiger partial charge is 0.253 e. The largest absolute Gasteiger partial charge is 0.352 e. The van der Waals surface area contributed by atoms with Gasteiger partial charge >= 0.3 is 0 Å². The van der Waals surface area contributed by atoms with E-state index in [1.807, 2.05) is 30.3 Å². The summed E-state index contributed by atoms with van der Waals surface area (Å²) < 4.78 is 0.